The van der Waals surface area contributed by atoms with Crippen LogP contribution in [-0.2, 0) is 23.0 Å². The second-order valence-corrected chi connectivity index (χ2v) is 13.2. The molecule has 1 aliphatic rings. The zero-order chi connectivity index (χ0) is 27.2. The normalized spacial score (nSPS) is 15.6. The van der Waals surface area contributed by atoms with E-state index < -0.39 is 10.0 Å². The van der Waals surface area contributed by atoms with Crippen LogP contribution < -0.4 is 4.80 Å². The maximum atomic E-state index is 13.4. The highest BCUT2D eigenvalue weighted by atomic mass is 32.2. The first-order chi connectivity index (χ1) is 18.9. The number of aromatic nitrogens is 1. The number of nitrogens with zero attached hydrogens (tertiary/aromatic N) is 3. The molecule has 5 rings (SSSR count). The monoisotopic (exact) mass is 559 g/mol. The molecule has 1 aromatic heterocycles. The van der Waals surface area contributed by atoms with Crippen LogP contribution in [0.5, 0.6) is 0 Å². The van der Waals surface area contributed by atoms with Crippen molar-refractivity contribution in [1.29, 1.82) is 0 Å². The molecule has 0 saturated carbocycles. The fraction of sp³-hybridized carbons (Fsp3) is 0.344. The molecule has 5 nitrogen and oxygen atoms in total. The average Bonchev–Trinajstić information content (AvgIpc) is 3.36. The van der Waals surface area contributed by atoms with Gasteiger partial charge in [-0.2, -0.15) is 4.31 Å². The summed E-state index contributed by atoms with van der Waals surface area (Å²) in [4.78, 5) is 6.23. The van der Waals surface area contributed by atoms with Crippen molar-refractivity contribution in [2.75, 3.05) is 13.1 Å². The maximum Gasteiger partial charge on any atom is 0.243 e. The number of hydrogen-bond donors (Lipinski definition) is 0. The van der Waals surface area contributed by atoms with Gasteiger partial charge in [-0.05, 0) is 73.9 Å². The van der Waals surface area contributed by atoms with Gasteiger partial charge in [-0.25, -0.2) is 13.4 Å². The average molecular weight is 560 g/mol. The summed E-state index contributed by atoms with van der Waals surface area (Å²) >= 11 is 1.62. The molecule has 3 aromatic carbocycles. The molecular weight excluding hydrogens is 523 g/mol. The summed E-state index contributed by atoms with van der Waals surface area (Å²) < 4.78 is 30.8. The number of rotatable bonds is 9. The van der Waals surface area contributed by atoms with Crippen LogP contribution in [0, 0.1) is 12.8 Å². The van der Waals surface area contributed by atoms with Crippen LogP contribution in [0.4, 0.5) is 5.69 Å². The second-order valence-electron chi connectivity index (χ2n) is 10.4. The summed E-state index contributed by atoms with van der Waals surface area (Å²) in [5, 5.41) is 2.13. The van der Waals surface area contributed by atoms with E-state index in [0.29, 0.717) is 23.9 Å². The van der Waals surface area contributed by atoms with Crippen LogP contribution in [0.15, 0.2) is 94.1 Å². The van der Waals surface area contributed by atoms with Crippen LogP contribution in [-0.4, -0.2) is 30.4 Å². The summed E-state index contributed by atoms with van der Waals surface area (Å²) in [6, 6.07) is 26.1. The van der Waals surface area contributed by atoms with Crippen molar-refractivity contribution in [2.45, 2.75) is 57.4 Å². The predicted octanol–water partition coefficient (Wildman–Crippen LogP) is 7.20. The van der Waals surface area contributed by atoms with E-state index in [9.17, 15) is 8.42 Å². The molecule has 0 N–H and O–H groups in total. The first-order valence-corrected chi connectivity index (χ1v) is 16.2. The van der Waals surface area contributed by atoms with Gasteiger partial charge in [-0.3, -0.25) is 0 Å². The quantitative estimate of drug-likeness (QED) is 0.218. The molecule has 0 unspecified atom stereocenters. The Morgan fingerprint density at radius 1 is 0.923 bits per heavy atom. The molecule has 1 fully saturated rings. The lowest BCUT2D eigenvalue weighted by atomic mass is 9.91. The Labute approximate surface area is 236 Å². The second kappa shape index (κ2) is 12.5. The zero-order valence-electron chi connectivity index (χ0n) is 22.8. The molecule has 0 radical (unpaired) electrons. The van der Waals surface area contributed by atoms with E-state index in [2.05, 4.69) is 60.2 Å². The maximum absolute atomic E-state index is 13.4. The number of thiazole rings is 1. The van der Waals surface area contributed by atoms with Crippen LogP contribution in [0.3, 0.4) is 0 Å². The Bertz CT molecular complexity index is 1530. The minimum Gasteiger partial charge on any atom is -0.316 e. The van der Waals surface area contributed by atoms with Crippen molar-refractivity contribution < 1.29 is 8.42 Å². The van der Waals surface area contributed by atoms with Crippen molar-refractivity contribution in [3.63, 3.8) is 0 Å². The summed E-state index contributed by atoms with van der Waals surface area (Å²) in [5.41, 5.74) is 5.56. The molecular formula is C32H37N3O2S2. The van der Waals surface area contributed by atoms with E-state index in [1.165, 1.54) is 11.1 Å². The first kappa shape index (κ1) is 27.6. The van der Waals surface area contributed by atoms with E-state index >= 15 is 0 Å². The van der Waals surface area contributed by atoms with Crippen LogP contribution in [0.2, 0.25) is 0 Å². The van der Waals surface area contributed by atoms with Gasteiger partial charge in [-0.1, -0.05) is 73.5 Å². The smallest absolute Gasteiger partial charge is 0.243 e. The van der Waals surface area contributed by atoms with Crippen LogP contribution >= 0.6 is 11.3 Å². The molecule has 39 heavy (non-hydrogen) atoms. The first-order valence-electron chi connectivity index (χ1n) is 13.9. The predicted molar refractivity (Wildman–Crippen MR) is 161 cm³/mol. The van der Waals surface area contributed by atoms with Gasteiger partial charge in [0, 0.05) is 25.0 Å². The number of unbranched alkanes of at least 4 members (excludes halogenated alkanes) is 1. The van der Waals surface area contributed by atoms with Gasteiger partial charge in [0.2, 0.25) is 10.0 Å². The Morgan fingerprint density at radius 2 is 1.62 bits per heavy atom. The minimum atomic E-state index is -3.51. The third-order valence-corrected chi connectivity index (χ3v) is 10.3. The summed E-state index contributed by atoms with van der Waals surface area (Å²) in [6.45, 7) is 6.29. The zero-order valence-corrected chi connectivity index (χ0v) is 24.4. The highest BCUT2D eigenvalue weighted by Gasteiger charge is 2.29. The fourth-order valence-electron chi connectivity index (χ4n) is 5.16. The van der Waals surface area contributed by atoms with Gasteiger partial charge < -0.3 is 4.57 Å². The van der Waals surface area contributed by atoms with Crippen LogP contribution in [0.25, 0.3) is 11.3 Å². The number of aryl methyl sites for hydroxylation is 1. The molecule has 1 aliphatic heterocycles. The van der Waals surface area contributed by atoms with E-state index in [-0.39, 0.29) is 0 Å². The van der Waals surface area contributed by atoms with Crippen LogP contribution in [0.1, 0.15) is 43.7 Å². The molecule has 204 valence electrons. The largest absolute Gasteiger partial charge is 0.316 e. The topological polar surface area (TPSA) is 54.7 Å². The Balaban J connectivity index is 1.32. The Morgan fingerprint density at radius 3 is 2.28 bits per heavy atom. The number of sulfonamides is 1. The number of benzene rings is 3. The standard InChI is InChI=1S/C32H37N3O2S2/c1-3-4-20-35-31(24-38-32(35)33-29-14-10-25(2)11-15-29)28-12-16-30(17-13-28)39(36,37)34-21-18-27(19-22-34)23-26-8-6-5-7-9-26/h5-17,24,27H,3-4,18-23H2,1-2H3. The van der Waals surface area contributed by atoms with Gasteiger partial charge in [0.1, 0.15) is 0 Å². The van der Waals surface area contributed by atoms with Gasteiger partial charge in [-0.15, -0.1) is 11.3 Å². The highest BCUT2D eigenvalue weighted by molar-refractivity contribution is 7.89. The molecule has 0 bridgehead atoms. The van der Waals surface area contributed by atoms with E-state index in [1.54, 1.807) is 27.8 Å². The Hall–Kier alpha value is -3.00. The number of hydrogen-bond acceptors (Lipinski definition) is 4. The summed E-state index contributed by atoms with van der Waals surface area (Å²) in [6.07, 6.45) is 4.95. The summed E-state index contributed by atoms with van der Waals surface area (Å²) in [5.74, 6) is 0.526. The molecule has 4 aromatic rings. The van der Waals surface area contributed by atoms with E-state index in [1.807, 2.05) is 30.3 Å². The molecule has 0 spiro atoms. The highest BCUT2D eigenvalue weighted by Crippen LogP contribution is 2.28. The van der Waals surface area contributed by atoms with Gasteiger partial charge >= 0.3 is 0 Å². The van der Waals surface area contributed by atoms with Gasteiger partial charge in [0.25, 0.3) is 0 Å². The van der Waals surface area contributed by atoms with Crippen molar-refractivity contribution in [3.05, 3.63) is 100 Å². The van der Waals surface area contributed by atoms with Crippen molar-refractivity contribution >= 4 is 27.0 Å². The third kappa shape index (κ3) is 6.60. The van der Waals surface area contributed by atoms with Crippen molar-refractivity contribution in [3.8, 4) is 11.3 Å². The molecule has 0 amide bonds. The lowest BCUT2D eigenvalue weighted by Crippen LogP contribution is -2.38. The van der Waals surface area contributed by atoms with Crippen molar-refractivity contribution in [2.24, 2.45) is 10.9 Å². The molecule has 0 atom stereocenters. The molecule has 7 heteroatoms. The SMILES string of the molecule is CCCCn1c(-c2ccc(S(=O)(=O)N3CCC(Cc4ccccc4)CC3)cc2)csc1=Nc1ccc(C)cc1. The lowest BCUT2D eigenvalue weighted by molar-refractivity contribution is 0.273. The van der Waals surface area contributed by atoms with E-state index in [4.69, 9.17) is 4.99 Å². The Kier molecular flexibility index (Phi) is 8.80. The summed E-state index contributed by atoms with van der Waals surface area (Å²) in [7, 11) is -3.51. The third-order valence-electron chi connectivity index (χ3n) is 7.52. The fourth-order valence-corrected chi connectivity index (χ4v) is 7.58. The van der Waals surface area contributed by atoms with Gasteiger partial charge in [0.05, 0.1) is 16.3 Å². The molecule has 0 aliphatic carbocycles. The van der Waals surface area contributed by atoms with E-state index in [0.717, 1.165) is 60.4 Å². The lowest BCUT2D eigenvalue weighted by Gasteiger charge is -2.31. The van der Waals surface area contributed by atoms with Gasteiger partial charge in [0.15, 0.2) is 4.80 Å². The molecule has 1 saturated heterocycles. The number of piperidine rings is 1. The molecule has 2 heterocycles. The van der Waals surface area contributed by atoms with Crippen molar-refractivity contribution in [1.82, 2.24) is 8.87 Å². The minimum absolute atomic E-state index is 0.368.